The maximum atomic E-state index is 5.63. The third-order valence-electron chi connectivity index (χ3n) is 3.20. The molecule has 1 saturated carbocycles. The van der Waals surface area contributed by atoms with Crippen molar-refractivity contribution < 1.29 is 4.74 Å². The Labute approximate surface area is 98.7 Å². The van der Waals surface area contributed by atoms with Gasteiger partial charge in [0.1, 0.15) is 0 Å². The minimum Gasteiger partial charge on any atom is -0.381 e. The van der Waals surface area contributed by atoms with Crippen molar-refractivity contribution in [2.75, 3.05) is 19.5 Å². The van der Waals surface area contributed by atoms with Crippen molar-refractivity contribution >= 4 is 11.6 Å². The summed E-state index contributed by atoms with van der Waals surface area (Å²) in [6.45, 7) is 1.14. The Kier molecular flexibility index (Phi) is 7.41. The third kappa shape index (κ3) is 5.74. The molecule has 15 heavy (non-hydrogen) atoms. The van der Waals surface area contributed by atoms with Crippen LogP contribution in [0.3, 0.4) is 0 Å². The molecule has 0 heterocycles. The van der Waals surface area contributed by atoms with Gasteiger partial charge in [0, 0.05) is 19.0 Å². The minimum atomic E-state index is 0.485. The topological polar surface area (TPSA) is 21.3 Å². The monoisotopic (exact) mass is 233 g/mol. The predicted molar refractivity (Wildman–Crippen MR) is 65.6 cm³/mol. The van der Waals surface area contributed by atoms with Gasteiger partial charge < -0.3 is 10.1 Å². The van der Waals surface area contributed by atoms with E-state index in [0.29, 0.717) is 12.1 Å². The van der Waals surface area contributed by atoms with Gasteiger partial charge in [-0.15, -0.1) is 11.6 Å². The molecule has 1 aliphatic carbocycles. The molecule has 2 atom stereocenters. The summed E-state index contributed by atoms with van der Waals surface area (Å²) in [6, 6.07) is 0.680. The molecule has 0 spiro atoms. The molecule has 2 unspecified atom stereocenters. The highest BCUT2D eigenvalue weighted by molar-refractivity contribution is 6.17. The molecule has 0 aromatic carbocycles. The van der Waals surface area contributed by atoms with E-state index < -0.39 is 0 Å². The first-order valence-corrected chi connectivity index (χ1v) is 6.72. The molecule has 0 radical (unpaired) electrons. The van der Waals surface area contributed by atoms with Crippen LogP contribution < -0.4 is 5.32 Å². The normalized spacial score (nSPS) is 26.8. The highest BCUT2D eigenvalue weighted by Crippen LogP contribution is 2.20. The van der Waals surface area contributed by atoms with Crippen molar-refractivity contribution in [1.29, 1.82) is 0 Å². The highest BCUT2D eigenvalue weighted by Gasteiger charge is 2.20. The van der Waals surface area contributed by atoms with Crippen molar-refractivity contribution in [2.24, 2.45) is 0 Å². The lowest BCUT2D eigenvalue weighted by molar-refractivity contribution is 0.0589. The largest absolute Gasteiger partial charge is 0.381 e. The molecule has 0 aromatic rings. The summed E-state index contributed by atoms with van der Waals surface area (Å²) < 4.78 is 5.41. The van der Waals surface area contributed by atoms with E-state index in [9.17, 15) is 0 Å². The number of ether oxygens (including phenoxy) is 1. The first-order chi connectivity index (χ1) is 7.36. The van der Waals surface area contributed by atoms with Crippen LogP contribution in [0.1, 0.15) is 44.9 Å². The van der Waals surface area contributed by atoms with E-state index in [4.69, 9.17) is 16.3 Å². The van der Waals surface area contributed by atoms with Crippen molar-refractivity contribution in [3.05, 3.63) is 0 Å². The van der Waals surface area contributed by atoms with E-state index in [2.05, 4.69) is 5.32 Å². The summed E-state index contributed by atoms with van der Waals surface area (Å²) in [7, 11) is 1.83. The molecule has 0 aromatic heterocycles. The first-order valence-electron chi connectivity index (χ1n) is 6.19. The van der Waals surface area contributed by atoms with Gasteiger partial charge in [0.25, 0.3) is 0 Å². The molecule has 2 nitrogen and oxygen atoms in total. The van der Waals surface area contributed by atoms with Gasteiger partial charge in [0.2, 0.25) is 0 Å². The number of methoxy groups -OCH3 is 1. The van der Waals surface area contributed by atoms with Gasteiger partial charge in [-0.25, -0.2) is 0 Å². The summed E-state index contributed by atoms with van der Waals surface area (Å²) in [5, 5.41) is 3.62. The van der Waals surface area contributed by atoms with Crippen LogP contribution in [0.2, 0.25) is 0 Å². The van der Waals surface area contributed by atoms with Crippen molar-refractivity contribution in [2.45, 2.75) is 57.1 Å². The van der Waals surface area contributed by atoms with E-state index in [1.165, 1.54) is 38.5 Å². The van der Waals surface area contributed by atoms with E-state index >= 15 is 0 Å². The smallest absolute Gasteiger partial charge is 0.0586 e. The Morgan fingerprint density at radius 2 is 2.13 bits per heavy atom. The van der Waals surface area contributed by atoms with Crippen LogP contribution >= 0.6 is 11.6 Å². The number of alkyl halides is 1. The zero-order chi connectivity index (χ0) is 10.9. The summed E-state index contributed by atoms with van der Waals surface area (Å²) in [6.07, 6.45) is 9.17. The minimum absolute atomic E-state index is 0.485. The number of hydrogen-bond donors (Lipinski definition) is 1. The Morgan fingerprint density at radius 3 is 2.87 bits per heavy atom. The van der Waals surface area contributed by atoms with Gasteiger partial charge in [-0.3, -0.25) is 0 Å². The summed E-state index contributed by atoms with van der Waals surface area (Å²) in [4.78, 5) is 0. The lowest BCUT2D eigenvalue weighted by Crippen LogP contribution is -2.37. The summed E-state index contributed by atoms with van der Waals surface area (Å²) >= 11 is 5.63. The number of nitrogens with one attached hydrogen (secondary N) is 1. The number of rotatable bonds is 7. The van der Waals surface area contributed by atoms with Gasteiger partial charge in [-0.1, -0.05) is 6.42 Å². The van der Waals surface area contributed by atoms with Gasteiger partial charge >= 0.3 is 0 Å². The SMILES string of the molecule is COC1CCCC(NCCCCCCl)C1. The van der Waals surface area contributed by atoms with Crippen LogP contribution in [0.25, 0.3) is 0 Å². The molecule has 1 rings (SSSR count). The first kappa shape index (κ1) is 13.3. The zero-order valence-electron chi connectivity index (χ0n) is 9.80. The van der Waals surface area contributed by atoms with Crippen LogP contribution in [-0.2, 0) is 4.74 Å². The molecule has 0 bridgehead atoms. The maximum absolute atomic E-state index is 5.63. The van der Waals surface area contributed by atoms with Gasteiger partial charge in [0.05, 0.1) is 6.10 Å². The van der Waals surface area contributed by atoms with E-state index in [1.54, 1.807) is 0 Å². The number of halogens is 1. The quantitative estimate of drug-likeness (QED) is 0.539. The standard InChI is InChI=1S/C12H24ClNO/c1-15-12-7-5-6-11(10-12)14-9-4-2-3-8-13/h11-12,14H,2-10H2,1H3. The second-order valence-corrected chi connectivity index (χ2v) is 4.80. The van der Waals surface area contributed by atoms with Crippen LogP contribution in [0.5, 0.6) is 0 Å². The molecule has 3 heteroatoms. The fourth-order valence-electron chi connectivity index (χ4n) is 2.25. The highest BCUT2D eigenvalue weighted by atomic mass is 35.5. The fourth-order valence-corrected chi connectivity index (χ4v) is 2.44. The van der Waals surface area contributed by atoms with Crippen LogP contribution in [0, 0.1) is 0 Å². The second-order valence-electron chi connectivity index (χ2n) is 4.43. The van der Waals surface area contributed by atoms with Crippen LogP contribution in [-0.4, -0.2) is 31.7 Å². The third-order valence-corrected chi connectivity index (χ3v) is 3.47. The molecule has 0 aliphatic heterocycles. The van der Waals surface area contributed by atoms with Crippen molar-refractivity contribution in [3.63, 3.8) is 0 Å². The number of unbranched alkanes of at least 4 members (excludes halogenated alkanes) is 2. The average molecular weight is 234 g/mol. The van der Waals surface area contributed by atoms with Crippen molar-refractivity contribution in [3.8, 4) is 0 Å². The predicted octanol–water partition coefficient (Wildman–Crippen LogP) is 2.94. The molecule has 90 valence electrons. The zero-order valence-corrected chi connectivity index (χ0v) is 10.6. The molecule has 1 N–H and O–H groups in total. The fraction of sp³-hybridized carbons (Fsp3) is 1.00. The molecular formula is C12H24ClNO. The van der Waals surface area contributed by atoms with E-state index in [1.807, 2.05) is 7.11 Å². The second kappa shape index (κ2) is 8.37. The molecule has 1 fully saturated rings. The van der Waals surface area contributed by atoms with Gasteiger partial charge in [0.15, 0.2) is 0 Å². The van der Waals surface area contributed by atoms with E-state index in [0.717, 1.165) is 18.8 Å². The maximum Gasteiger partial charge on any atom is 0.0586 e. The average Bonchev–Trinajstić information content (AvgIpc) is 2.29. The molecule has 0 amide bonds. The van der Waals surface area contributed by atoms with Crippen LogP contribution in [0.15, 0.2) is 0 Å². The Hall–Kier alpha value is 0.210. The summed E-state index contributed by atoms with van der Waals surface area (Å²) in [5.41, 5.74) is 0. The van der Waals surface area contributed by atoms with Crippen molar-refractivity contribution in [1.82, 2.24) is 5.32 Å². The Balaban J connectivity index is 2.00. The lowest BCUT2D eigenvalue weighted by Gasteiger charge is -2.28. The number of hydrogen-bond acceptors (Lipinski definition) is 2. The van der Waals surface area contributed by atoms with Gasteiger partial charge in [-0.05, 0) is 45.1 Å². The Morgan fingerprint density at radius 1 is 1.27 bits per heavy atom. The molecule has 1 aliphatic rings. The van der Waals surface area contributed by atoms with Crippen LogP contribution in [0.4, 0.5) is 0 Å². The summed E-state index contributed by atoms with van der Waals surface area (Å²) in [5.74, 6) is 0.801. The Bertz CT molecular complexity index is 155. The molecule has 0 saturated heterocycles. The lowest BCUT2D eigenvalue weighted by atomic mass is 9.93. The molecular weight excluding hydrogens is 210 g/mol. The van der Waals surface area contributed by atoms with E-state index in [-0.39, 0.29) is 0 Å². The van der Waals surface area contributed by atoms with Gasteiger partial charge in [-0.2, -0.15) is 0 Å².